The van der Waals surface area contributed by atoms with Gasteiger partial charge < -0.3 is 20.7 Å². The van der Waals surface area contributed by atoms with E-state index >= 15 is 0 Å². The third-order valence-electron chi connectivity index (χ3n) is 3.56. The largest absolute Gasteiger partial charge is 0.491 e. The van der Waals surface area contributed by atoms with Crippen LogP contribution in [0.1, 0.15) is 44.0 Å². The Kier molecular flexibility index (Phi) is 8.36. The number of rotatable bonds is 10. The molecule has 0 unspecified atom stereocenters. The van der Waals surface area contributed by atoms with Gasteiger partial charge in [-0.05, 0) is 50.7 Å². The molecule has 0 atom stereocenters. The maximum Gasteiger partial charge on any atom is 0.251 e. The molecule has 0 saturated heterocycles. The molecule has 124 valence electrons. The first-order chi connectivity index (χ1) is 10.6. The van der Waals surface area contributed by atoms with Crippen molar-refractivity contribution < 1.29 is 9.53 Å². The van der Waals surface area contributed by atoms with Gasteiger partial charge >= 0.3 is 0 Å². The minimum atomic E-state index is -0.0895. The van der Waals surface area contributed by atoms with E-state index in [1.54, 1.807) is 18.2 Å². The molecule has 3 N–H and O–H groups in total. The van der Waals surface area contributed by atoms with Crippen LogP contribution in [0.15, 0.2) is 18.2 Å². The summed E-state index contributed by atoms with van der Waals surface area (Å²) in [6, 6.07) is 5.18. The van der Waals surface area contributed by atoms with Crippen molar-refractivity contribution in [3.63, 3.8) is 0 Å². The Morgan fingerprint density at radius 3 is 2.59 bits per heavy atom. The van der Waals surface area contributed by atoms with Gasteiger partial charge in [-0.15, -0.1) is 0 Å². The number of anilines is 1. The second-order valence-corrected chi connectivity index (χ2v) is 5.24. The summed E-state index contributed by atoms with van der Waals surface area (Å²) in [5.74, 6) is 0.549. The second kappa shape index (κ2) is 10.1. The number of carbonyl (C=O) groups excluding carboxylic acids is 1. The summed E-state index contributed by atoms with van der Waals surface area (Å²) in [4.78, 5) is 14.4. The predicted molar refractivity (Wildman–Crippen MR) is 91.4 cm³/mol. The molecule has 1 amide bonds. The average molecular weight is 307 g/mol. The van der Waals surface area contributed by atoms with Crippen LogP contribution in [0.4, 0.5) is 5.69 Å². The Morgan fingerprint density at radius 2 is 2.00 bits per heavy atom. The van der Waals surface area contributed by atoms with Gasteiger partial charge in [0.2, 0.25) is 0 Å². The number of nitrogens with two attached hydrogens (primary N) is 1. The van der Waals surface area contributed by atoms with Crippen molar-refractivity contribution in [3.05, 3.63) is 23.8 Å². The quantitative estimate of drug-likeness (QED) is 0.515. The summed E-state index contributed by atoms with van der Waals surface area (Å²) < 4.78 is 5.51. The highest BCUT2D eigenvalue weighted by Gasteiger charge is 2.08. The van der Waals surface area contributed by atoms with Crippen molar-refractivity contribution in [2.24, 2.45) is 0 Å². The highest BCUT2D eigenvalue weighted by molar-refractivity contribution is 5.95. The van der Waals surface area contributed by atoms with Crippen molar-refractivity contribution >= 4 is 11.6 Å². The monoisotopic (exact) mass is 307 g/mol. The van der Waals surface area contributed by atoms with E-state index in [-0.39, 0.29) is 5.91 Å². The van der Waals surface area contributed by atoms with Crippen molar-refractivity contribution in [2.75, 3.05) is 38.5 Å². The van der Waals surface area contributed by atoms with Crippen LogP contribution in [0.5, 0.6) is 5.75 Å². The first kappa shape index (κ1) is 18.3. The van der Waals surface area contributed by atoms with E-state index in [1.807, 2.05) is 6.92 Å². The summed E-state index contributed by atoms with van der Waals surface area (Å²) in [6.07, 6.45) is 1.87. The number of hydrogen-bond acceptors (Lipinski definition) is 4. The normalized spacial score (nSPS) is 10.7. The van der Waals surface area contributed by atoms with Crippen LogP contribution in [-0.2, 0) is 0 Å². The second-order valence-electron chi connectivity index (χ2n) is 5.24. The molecule has 5 heteroatoms. The van der Waals surface area contributed by atoms with E-state index in [0.717, 1.165) is 32.5 Å². The molecule has 0 fully saturated rings. The zero-order valence-electron chi connectivity index (χ0n) is 14.0. The Bertz CT molecular complexity index is 459. The van der Waals surface area contributed by atoms with Gasteiger partial charge in [-0.2, -0.15) is 0 Å². The molecular weight excluding hydrogens is 278 g/mol. The van der Waals surface area contributed by atoms with Gasteiger partial charge in [0.05, 0.1) is 12.3 Å². The fourth-order valence-corrected chi connectivity index (χ4v) is 2.18. The van der Waals surface area contributed by atoms with E-state index in [4.69, 9.17) is 10.5 Å². The minimum absolute atomic E-state index is 0.0895. The molecule has 1 rings (SSSR count). The van der Waals surface area contributed by atoms with E-state index < -0.39 is 0 Å². The number of ether oxygens (including phenoxy) is 1. The van der Waals surface area contributed by atoms with Gasteiger partial charge in [0.15, 0.2) is 0 Å². The highest BCUT2D eigenvalue weighted by atomic mass is 16.5. The molecule has 0 bridgehead atoms. The molecule has 0 spiro atoms. The molecule has 1 aromatic carbocycles. The molecule has 0 saturated carbocycles. The van der Waals surface area contributed by atoms with Gasteiger partial charge in [0, 0.05) is 12.1 Å². The lowest BCUT2D eigenvalue weighted by atomic mass is 10.1. The van der Waals surface area contributed by atoms with Gasteiger partial charge in [0.25, 0.3) is 5.91 Å². The number of nitrogens with zero attached hydrogens (tertiary/aromatic N) is 1. The van der Waals surface area contributed by atoms with Gasteiger partial charge in [-0.3, -0.25) is 4.79 Å². The maximum atomic E-state index is 12.1. The number of amides is 1. The molecule has 0 aliphatic carbocycles. The van der Waals surface area contributed by atoms with E-state index in [1.165, 1.54) is 0 Å². The van der Waals surface area contributed by atoms with Gasteiger partial charge in [0.1, 0.15) is 5.75 Å². The Labute approximate surface area is 133 Å². The number of carbonyl (C=O) groups is 1. The lowest BCUT2D eigenvalue weighted by Crippen LogP contribution is -2.29. The fraction of sp³-hybridized carbons (Fsp3) is 0.588. The van der Waals surface area contributed by atoms with Crippen molar-refractivity contribution in [1.29, 1.82) is 0 Å². The van der Waals surface area contributed by atoms with Crippen LogP contribution in [0.25, 0.3) is 0 Å². The summed E-state index contributed by atoms with van der Waals surface area (Å²) in [5, 5.41) is 2.93. The lowest BCUT2D eigenvalue weighted by molar-refractivity contribution is 0.0952. The third-order valence-corrected chi connectivity index (χ3v) is 3.56. The van der Waals surface area contributed by atoms with Gasteiger partial charge in [-0.1, -0.05) is 20.8 Å². The van der Waals surface area contributed by atoms with Crippen molar-refractivity contribution in [3.8, 4) is 5.75 Å². The SMILES string of the molecule is CCCOc1ccc(C(=O)NCCCN(CC)CC)cc1N. The van der Waals surface area contributed by atoms with E-state index in [0.29, 0.717) is 30.2 Å². The zero-order valence-corrected chi connectivity index (χ0v) is 14.0. The van der Waals surface area contributed by atoms with Crippen LogP contribution in [0, 0.1) is 0 Å². The first-order valence-electron chi connectivity index (χ1n) is 8.15. The maximum absolute atomic E-state index is 12.1. The van der Waals surface area contributed by atoms with Crippen LogP contribution in [-0.4, -0.2) is 43.6 Å². The standard InChI is InChI=1S/C17H29N3O2/c1-4-12-22-16-9-8-14(13-15(16)18)17(21)19-10-7-11-20(5-2)6-3/h8-9,13H,4-7,10-12,18H2,1-3H3,(H,19,21). The number of nitrogen functional groups attached to an aromatic ring is 1. The predicted octanol–water partition coefficient (Wildman–Crippen LogP) is 2.52. The van der Waals surface area contributed by atoms with E-state index in [2.05, 4.69) is 24.1 Å². The Hall–Kier alpha value is -1.75. The number of hydrogen-bond donors (Lipinski definition) is 2. The molecule has 0 aliphatic heterocycles. The van der Waals surface area contributed by atoms with Crippen LogP contribution in [0.2, 0.25) is 0 Å². The molecule has 5 nitrogen and oxygen atoms in total. The fourth-order valence-electron chi connectivity index (χ4n) is 2.18. The van der Waals surface area contributed by atoms with Crippen LogP contribution in [0.3, 0.4) is 0 Å². The van der Waals surface area contributed by atoms with Crippen molar-refractivity contribution in [2.45, 2.75) is 33.6 Å². The molecule has 0 aliphatic rings. The summed E-state index contributed by atoms with van der Waals surface area (Å²) >= 11 is 0. The van der Waals surface area contributed by atoms with Crippen molar-refractivity contribution in [1.82, 2.24) is 10.2 Å². The van der Waals surface area contributed by atoms with Crippen LogP contribution < -0.4 is 15.8 Å². The summed E-state index contributed by atoms with van der Waals surface area (Å²) in [5.41, 5.74) is 7.00. The molecule has 0 aromatic heterocycles. The number of benzene rings is 1. The van der Waals surface area contributed by atoms with E-state index in [9.17, 15) is 4.79 Å². The minimum Gasteiger partial charge on any atom is -0.491 e. The smallest absolute Gasteiger partial charge is 0.251 e. The average Bonchev–Trinajstić information content (AvgIpc) is 2.53. The summed E-state index contributed by atoms with van der Waals surface area (Å²) in [7, 11) is 0. The first-order valence-corrected chi connectivity index (χ1v) is 8.15. The zero-order chi connectivity index (χ0) is 16.4. The lowest BCUT2D eigenvalue weighted by Gasteiger charge is -2.17. The highest BCUT2D eigenvalue weighted by Crippen LogP contribution is 2.22. The molecule has 1 aromatic rings. The molecular formula is C17H29N3O2. The summed E-state index contributed by atoms with van der Waals surface area (Å²) in [6.45, 7) is 10.7. The molecule has 22 heavy (non-hydrogen) atoms. The topological polar surface area (TPSA) is 67.6 Å². The Balaban J connectivity index is 2.44. The van der Waals surface area contributed by atoms with Gasteiger partial charge in [-0.25, -0.2) is 0 Å². The number of nitrogens with one attached hydrogen (secondary N) is 1. The molecule has 0 radical (unpaired) electrons. The Morgan fingerprint density at radius 1 is 1.27 bits per heavy atom. The van der Waals surface area contributed by atoms with Crippen LogP contribution >= 0.6 is 0 Å². The third kappa shape index (κ3) is 5.93. The molecule has 0 heterocycles.